The Bertz CT molecular complexity index is 504. The predicted molar refractivity (Wildman–Crippen MR) is 52.8 cm³/mol. The number of pyridine rings is 1. The molecule has 4 heteroatoms. The van der Waals surface area contributed by atoms with Gasteiger partial charge in [0.05, 0.1) is 6.20 Å². The molecule has 2 aromatic rings. The van der Waals surface area contributed by atoms with E-state index in [1.165, 1.54) is 6.07 Å². The van der Waals surface area contributed by atoms with Crippen LogP contribution < -0.4 is 5.56 Å². The molecular formula is C10H9N3O. The third-order valence-electron chi connectivity index (χ3n) is 2.00. The number of nitrogens with zero attached hydrogens (tertiary/aromatic N) is 2. The molecule has 0 aliphatic rings. The Balaban J connectivity index is 2.61. The standard InChI is InChI=1S/C10H9N3O/c1-7-5-11-3-2-9(7)8-4-10(14)13-12-6-8/h2-6H,1H3,(H,13,14). The molecule has 0 unspecified atom stereocenters. The second-order valence-corrected chi connectivity index (χ2v) is 3.02. The molecule has 2 rings (SSSR count). The van der Waals surface area contributed by atoms with Crippen molar-refractivity contribution in [3.8, 4) is 11.1 Å². The van der Waals surface area contributed by atoms with Crippen molar-refractivity contribution in [2.24, 2.45) is 0 Å². The summed E-state index contributed by atoms with van der Waals surface area (Å²) in [5.74, 6) is 0. The third-order valence-corrected chi connectivity index (χ3v) is 2.00. The smallest absolute Gasteiger partial charge is 0.264 e. The molecule has 4 nitrogen and oxygen atoms in total. The Hall–Kier alpha value is -1.97. The molecule has 0 spiro atoms. The van der Waals surface area contributed by atoms with E-state index in [1.807, 2.05) is 13.0 Å². The monoisotopic (exact) mass is 187 g/mol. The Kier molecular flexibility index (Phi) is 2.10. The van der Waals surface area contributed by atoms with Crippen LogP contribution in [0.5, 0.6) is 0 Å². The van der Waals surface area contributed by atoms with E-state index >= 15 is 0 Å². The van der Waals surface area contributed by atoms with Crippen molar-refractivity contribution in [1.29, 1.82) is 0 Å². The van der Waals surface area contributed by atoms with Crippen LogP contribution in [0.1, 0.15) is 5.56 Å². The van der Waals surface area contributed by atoms with Gasteiger partial charge in [-0.05, 0) is 24.1 Å². The first kappa shape index (κ1) is 8.62. The Morgan fingerprint density at radius 3 is 2.93 bits per heavy atom. The molecule has 0 amide bonds. The first-order chi connectivity index (χ1) is 6.77. The number of H-pyrrole nitrogens is 1. The molecule has 1 N–H and O–H groups in total. The van der Waals surface area contributed by atoms with Gasteiger partial charge in [-0.25, -0.2) is 5.10 Å². The van der Waals surface area contributed by atoms with Crippen molar-refractivity contribution in [1.82, 2.24) is 15.2 Å². The summed E-state index contributed by atoms with van der Waals surface area (Å²) in [6, 6.07) is 3.39. The largest absolute Gasteiger partial charge is 0.268 e. The maximum Gasteiger partial charge on any atom is 0.264 e. The Labute approximate surface area is 80.6 Å². The van der Waals surface area contributed by atoms with Crippen LogP contribution in [0.25, 0.3) is 11.1 Å². The van der Waals surface area contributed by atoms with Gasteiger partial charge in [0.25, 0.3) is 5.56 Å². The van der Waals surface area contributed by atoms with Crippen molar-refractivity contribution >= 4 is 0 Å². The van der Waals surface area contributed by atoms with Gasteiger partial charge in [0.2, 0.25) is 0 Å². The van der Waals surface area contributed by atoms with E-state index in [-0.39, 0.29) is 5.56 Å². The maximum absolute atomic E-state index is 11.0. The van der Waals surface area contributed by atoms with Crippen LogP contribution in [-0.2, 0) is 0 Å². The van der Waals surface area contributed by atoms with Gasteiger partial charge in [-0.15, -0.1) is 0 Å². The number of nitrogens with one attached hydrogen (secondary N) is 1. The van der Waals surface area contributed by atoms with Crippen molar-refractivity contribution < 1.29 is 0 Å². The average molecular weight is 187 g/mol. The number of aromatic amines is 1. The van der Waals surface area contributed by atoms with Gasteiger partial charge < -0.3 is 0 Å². The van der Waals surface area contributed by atoms with Crippen LogP contribution in [-0.4, -0.2) is 15.2 Å². The Morgan fingerprint density at radius 2 is 2.21 bits per heavy atom. The lowest BCUT2D eigenvalue weighted by Crippen LogP contribution is -2.05. The van der Waals surface area contributed by atoms with Crippen molar-refractivity contribution in [3.63, 3.8) is 0 Å². The van der Waals surface area contributed by atoms with Crippen LogP contribution in [0.3, 0.4) is 0 Å². The summed E-state index contributed by atoms with van der Waals surface area (Å²) in [6.45, 7) is 1.95. The summed E-state index contributed by atoms with van der Waals surface area (Å²) < 4.78 is 0. The quantitative estimate of drug-likeness (QED) is 0.728. The highest BCUT2D eigenvalue weighted by atomic mass is 16.1. The van der Waals surface area contributed by atoms with E-state index in [0.717, 1.165) is 16.7 Å². The number of hydrogen-bond donors (Lipinski definition) is 1. The zero-order valence-corrected chi connectivity index (χ0v) is 7.69. The lowest BCUT2D eigenvalue weighted by atomic mass is 10.1. The lowest BCUT2D eigenvalue weighted by Gasteiger charge is -2.02. The zero-order chi connectivity index (χ0) is 9.97. The summed E-state index contributed by atoms with van der Waals surface area (Å²) in [7, 11) is 0. The van der Waals surface area contributed by atoms with Crippen molar-refractivity contribution in [2.45, 2.75) is 6.92 Å². The molecule has 0 atom stereocenters. The second kappa shape index (κ2) is 3.41. The first-order valence-corrected chi connectivity index (χ1v) is 4.23. The van der Waals surface area contributed by atoms with Gasteiger partial charge in [0.1, 0.15) is 0 Å². The van der Waals surface area contributed by atoms with Crippen LogP contribution >= 0.6 is 0 Å². The SMILES string of the molecule is Cc1cnccc1-c1cn[nH]c(=O)c1. The van der Waals surface area contributed by atoms with Crippen LogP contribution in [0, 0.1) is 6.92 Å². The predicted octanol–water partition coefficient (Wildman–Crippen LogP) is 1.14. The highest BCUT2D eigenvalue weighted by Gasteiger charge is 2.01. The number of hydrogen-bond acceptors (Lipinski definition) is 3. The normalized spacial score (nSPS) is 10.1. The zero-order valence-electron chi connectivity index (χ0n) is 7.69. The molecule has 0 saturated heterocycles. The molecule has 0 radical (unpaired) electrons. The highest BCUT2D eigenvalue weighted by Crippen LogP contribution is 2.19. The minimum Gasteiger partial charge on any atom is -0.268 e. The minimum absolute atomic E-state index is 0.196. The van der Waals surface area contributed by atoms with Crippen molar-refractivity contribution in [3.05, 3.63) is 46.6 Å². The molecule has 2 heterocycles. The van der Waals surface area contributed by atoms with Gasteiger partial charge in [0.15, 0.2) is 0 Å². The highest BCUT2D eigenvalue weighted by molar-refractivity contribution is 5.64. The molecule has 0 bridgehead atoms. The third kappa shape index (κ3) is 1.54. The Morgan fingerprint density at radius 1 is 1.36 bits per heavy atom. The average Bonchev–Trinajstić information content (AvgIpc) is 2.18. The van der Waals surface area contributed by atoms with Crippen LogP contribution in [0.2, 0.25) is 0 Å². The maximum atomic E-state index is 11.0. The molecule has 0 aromatic carbocycles. The molecule has 0 saturated carbocycles. The fourth-order valence-corrected chi connectivity index (χ4v) is 1.32. The van der Waals surface area contributed by atoms with E-state index in [2.05, 4.69) is 15.2 Å². The molecule has 14 heavy (non-hydrogen) atoms. The first-order valence-electron chi connectivity index (χ1n) is 4.23. The van der Waals surface area contributed by atoms with Crippen LogP contribution in [0.4, 0.5) is 0 Å². The van der Waals surface area contributed by atoms with Gasteiger partial charge in [0, 0.05) is 24.0 Å². The lowest BCUT2D eigenvalue weighted by molar-refractivity contribution is 0.990. The molecule has 0 fully saturated rings. The summed E-state index contributed by atoms with van der Waals surface area (Å²) >= 11 is 0. The number of rotatable bonds is 1. The number of aromatic nitrogens is 3. The van der Waals surface area contributed by atoms with Gasteiger partial charge in [-0.2, -0.15) is 5.10 Å². The summed E-state index contributed by atoms with van der Waals surface area (Å²) in [4.78, 5) is 15.0. The molecular weight excluding hydrogens is 178 g/mol. The fourth-order valence-electron chi connectivity index (χ4n) is 1.32. The van der Waals surface area contributed by atoms with Gasteiger partial charge >= 0.3 is 0 Å². The topological polar surface area (TPSA) is 58.6 Å². The van der Waals surface area contributed by atoms with E-state index in [4.69, 9.17) is 0 Å². The minimum atomic E-state index is -0.196. The van der Waals surface area contributed by atoms with E-state index in [0.29, 0.717) is 0 Å². The van der Waals surface area contributed by atoms with E-state index in [1.54, 1.807) is 18.6 Å². The number of aryl methyl sites for hydroxylation is 1. The molecule has 2 aromatic heterocycles. The van der Waals surface area contributed by atoms with Crippen LogP contribution in [0.15, 0.2) is 35.5 Å². The summed E-state index contributed by atoms with van der Waals surface area (Å²) in [5, 5.41) is 6.08. The second-order valence-electron chi connectivity index (χ2n) is 3.02. The van der Waals surface area contributed by atoms with E-state index < -0.39 is 0 Å². The van der Waals surface area contributed by atoms with Crippen molar-refractivity contribution in [2.75, 3.05) is 0 Å². The molecule has 70 valence electrons. The van der Waals surface area contributed by atoms with E-state index in [9.17, 15) is 4.79 Å². The van der Waals surface area contributed by atoms with Gasteiger partial charge in [-0.1, -0.05) is 0 Å². The summed E-state index contributed by atoms with van der Waals surface area (Å²) in [5.41, 5.74) is 2.63. The summed E-state index contributed by atoms with van der Waals surface area (Å²) in [6.07, 6.45) is 5.09. The fraction of sp³-hybridized carbons (Fsp3) is 0.100. The molecule has 0 aliphatic heterocycles. The van der Waals surface area contributed by atoms with Gasteiger partial charge in [-0.3, -0.25) is 9.78 Å². The molecule has 0 aliphatic carbocycles.